The molecule has 0 N–H and O–H groups in total. The molecule has 0 heteroatoms. The molecule has 0 aromatic heterocycles. The summed E-state index contributed by atoms with van der Waals surface area (Å²) in [5, 5.41) is 0. The number of hydrogen-bond donors (Lipinski definition) is 0. The Bertz CT molecular complexity index is 180. The van der Waals surface area contributed by atoms with Crippen LogP contribution in [-0.2, 0) is 0 Å². The fourth-order valence-electron chi connectivity index (χ4n) is 1.77. The van der Waals surface area contributed by atoms with E-state index < -0.39 is 0 Å². The molecule has 0 aliphatic rings. The average molecular weight is 193 g/mol. The van der Waals surface area contributed by atoms with E-state index in [4.69, 9.17) is 0 Å². The zero-order chi connectivity index (χ0) is 11.0. The van der Waals surface area contributed by atoms with Crippen LogP contribution in [0.3, 0.4) is 0 Å². The van der Waals surface area contributed by atoms with Gasteiger partial charge in [0.15, 0.2) is 0 Å². The Hall–Kier alpha value is -0.520. The van der Waals surface area contributed by atoms with Gasteiger partial charge in [0.25, 0.3) is 0 Å². The number of rotatable bonds is 7. The number of hydrogen-bond acceptors (Lipinski definition) is 0. The summed E-state index contributed by atoms with van der Waals surface area (Å²) < 4.78 is 0. The van der Waals surface area contributed by atoms with Crippen molar-refractivity contribution in [1.82, 2.24) is 0 Å². The van der Waals surface area contributed by atoms with Crippen molar-refractivity contribution in [2.24, 2.45) is 0 Å². The van der Waals surface area contributed by atoms with Crippen molar-refractivity contribution >= 4 is 0 Å². The number of allylic oxidation sites excluding steroid dienone is 3. The van der Waals surface area contributed by atoms with E-state index in [1.807, 2.05) is 6.08 Å². The van der Waals surface area contributed by atoms with Gasteiger partial charge in [0, 0.05) is 0 Å². The van der Waals surface area contributed by atoms with Crippen LogP contribution in [0.25, 0.3) is 0 Å². The maximum Gasteiger partial charge on any atom is -0.00538 e. The van der Waals surface area contributed by atoms with Crippen LogP contribution >= 0.6 is 0 Å². The maximum absolute atomic E-state index is 3.74. The second-order valence-electron chi connectivity index (χ2n) is 4.37. The van der Waals surface area contributed by atoms with Gasteiger partial charge in [-0.25, -0.2) is 0 Å². The molecule has 0 unspecified atom stereocenters. The first-order valence-corrected chi connectivity index (χ1v) is 5.67. The van der Waals surface area contributed by atoms with Crippen LogP contribution in [0.4, 0.5) is 0 Å². The van der Waals surface area contributed by atoms with Crippen molar-refractivity contribution in [2.45, 2.75) is 59.8 Å². The first kappa shape index (κ1) is 13.5. The van der Waals surface area contributed by atoms with Crippen molar-refractivity contribution in [1.29, 1.82) is 0 Å². The fraction of sp³-hybridized carbons (Fsp3) is 0.643. The third-order valence-corrected chi connectivity index (χ3v) is 2.54. The van der Waals surface area contributed by atoms with Gasteiger partial charge < -0.3 is 0 Å². The Morgan fingerprint density at radius 3 is 2.07 bits per heavy atom. The molecule has 0 spiro atoms. The van der Waals surface area contributed by atoms with Gasteiger partial charge in [-0.15, -0.1) is 6.58 Å². The molecule has 0 bridgehead atoms. The minimum absolute atomic E-state index is 1.17. The van der Waals surface area contributed by atoms with Gasteiger partial charge in [0.1, 0.15) is 0 Å². The summed E-state index contributed by atoms with van der Waals surface area (Å²) in [5.74, 6) is 1.48. The van der Waals surface area contributed by atoms with Crippen LogP contribution in [0.15, 0.2) is 23.8 Å². The molecule has 0 fully saturated rings. The van der Waals surface area contributed by atoms with Gasteiger partial charge in [-0.1, -0.05) is 37.5 Å². The van der Waals surface area contributed by atoms with E-state index in [9.17, 15) is 0 Å². The van der Waals surface area contributed by atoms with E-state index in [-0.39, 0.29) is 0 Å². The molecule has 1 radical (unpaired) electrons. The zero-order valence-electron chi connectivity index (χ0n) is 10.3. The molecule has 0 heterocycles. The molecular weight excluding hydrogens is 168 g/mol. The summed E-state index contributed by atoms with van der Waals surface area (Å²) in [5.41, 5.74) is 3.05. The monoisotopic (exact) mass is 193 g/mol. The summed E-state index contributed by atoms with van der Waals surface area (Å²) >= 11 is 0. The molecule has 0 atom stereocenters. The van der Waals surface area contributed by atoms with Gasteiger partial charge in [0.05, 0.1) is 0 Å². The molecule has 0 saturated heterocycles. The Kier molecular flexibility index (Phi) is 7.55. The molecular formula is C14H25. The highest BCUT2D eigenvalue weighted by Crippen LogP contribution is 2.22. The summed E-state index contributed by atoms with van der Waals surface area (Å²) in [6, 6.07) is 0. The van der Waals surface area contributed by atoms with Crippen molar-refractivity contribution in [3.8, 4) is 0 Å². The van der Waals surface area contributed by atoms with E-state index in [1.54, 1.807) is 5.57 Å². The minimum atomic E-state index is 1.17. The van der Waals surface area contributed by atoms with Crippen LogP contribution in [0.1, 0.15) is 59.8 Å². The lowest BCUT2D eigenvalue weighted by Crippen LogP contribution is -1.95. The third kappa shape index (κ3) is 6.01. The highest BCUT2D eigenvalue weighted by molar-refractivity contribution is 5.24. The Morgan fingerprint density at radius 1 is 1.00 bits per heavy atom. The van der Waals surface area contributed by atoms with Gasteiger partial charge in [-0.3, -0.25) is 0 Å². The number of unbranched alkanes of at least 4 members (excludes halogenated alkanes) is 3. The summed E-state index contributed by atoms with van der Waals surface area (Å²) in [6.07, 6.45) is 8.37. The summed E-state index contributed by atoms with van der Waals surface area (Å²) in [6.45, 7) is 12.6. The molecule has 0 aliphatic carbocycles. The fourth-order valence-corrected chi connectivity index (χ4v) is 1.77. The second-order valence-corrected chi connectivity index (χ2v) is 4.37. The minimum Gasteiger partial charge on any atom is -0.103 e. The van der Waals surface area contributed by atoms with Crippen LogP contribution in [-0.4, -0.2) is 0 Å². The molecule has 0 saturated carbocycles. The van der Waals surface area contributed by atoms with Crippen LogP contribution in [0.5, 0.6) is 0 Å². The summed E-state index contributed by atoms with van der Waals surface area (Å²) in [7, 11) is 0. The van der Waals surface area contributed by atoms with E-state index in [2.05, 4.69) is 34.3 Å². The highest BCUT2D eigenvalue weighted by atomic mass is 14.1. The van der Waals surface area contributed by atoms with Gasteiger partial charge in [0.2, 0.25) is 0 Å². The topological polar surface area (TPSA) is 0 Å². The van der Waals surface area contributed by atoms with E-state index >= 15 is 0 Å². The Balaban J connectivity index is 3.74. The molecule has 14 heavy (non-hydrogen) atoms. The van der Waals surface area contributed by atoms with E-state index in [1.165, 1.54) is 43.6 Å². The average Bonchev–Trinajstić information content (AvgIpc) is 2.09. The largest absolute Gasteiger partial charge is 0.103 e. The molecule has 81 valence electrons. The van der Waals surface area contributed by atoms with Crippen molar-refractivity contribution < 1.29 is 0 Å². The normalized spacial score (nSPS) is 10.4. The first-order valence-electron chi connectivity index (χ1n) is 5.67. The second kappa shape index (κ2) is 7.84. The van der Waals surface area contributed by atoms with E-state index in [0.717, 1.165) is 0 Å². The molecule has 0 rings (SSSR count). The predicted octanol–water partition coefficient (Wildman–Crippen LogP) is 5.07. The Morgan fingerprint density at radius 2 is 1.64 bits per heavy atom. The van der Waals surface area contributed by atoms with Crippen molar-refractivity contribution in [3.05, 3.63) is 29.7 Å². The standard InChI is InChI=1S/C14H25/c1-6-7-8-9-10-11-14(12(2)3)13(4)5/h6H,1,7-11H2,2-5H3. The van der Waals surface area contributed by atoms with Crippen LogP contribution < -0.4 is 0 Å². The SMILES string of the molecule is C=CCCCCCC([C](C)C)=C(C)C. The molecule has 0 aromatic rings. The zero-order valence-corrected chi connectivity index (χ0v) is 10.3. The maximum atomic E-state index is 3.74. The van der Waals surface area contributed by atoms with Gasteiger partial charge in [-0.05, 0) is 45.4 Å². The van der Waals surface area contributed by atoms with Crippen LogP contribution in [0.2, 0.25) is 0 Å². The van der Waals surface area contributed by atoms with Crippen LogP contribution in [0, 0.1) is 5.92 Å². The predicted molar refractivity (Wildman–Crippen MR) is 66.2 cm³/mol. The molecule has 0 amide bonds. The Labute approximate surface area is 90.1 Å². The lowest BCUT2D eigenvalue weighted by Gasteiger charge is -2.13. The van der Waals surface area contributed by atoms with Gasteiger partial charge in [-0.2, -0.15) is 0 Å². The summed E-state index contributed by atoms with van der Waals surface area (Å²) in [4.78, 5) is 0. The van der Waals surface area contributed by atoms with E-state index in [0.29, 0.717) is 0 Å². The first-order chi connectivity index (χ1) is 6.59. The lowest BCUT2D eigenvalue weighted by molar-refractivity contribution is 0.677. The highest BCUT2D eigenvalue weighted by Gasteiger charge is 2.04. The molecule has 0 aromatic carbocycles. The quantitative estimate of drug-likeness (QED) is 0.391. The molecule has 0 nitrogen and oxygen atoms in total. The lowest BCUT2D eigenvalue weighted by atomic mass is 9.93. The smallest absolute Gasteiger partial charge is 0.00538 e. The van der Waals surface area contributed by atoms with Crippen molar-refractivity contribution in [3.63, 3.8) is 0 Å². The van der Waals surface area contributed by atoms with Crippen molar-refractivity contribution in [2.75, 3.05) is 0 Å². The third-order valence-electron chi connectivity index (χ3n) is 2.54. The van der Waals surface area contributed by atoms with Gasteiger partial charge >= 0.3 is 0 Å². The molecule has 0 aliphatic heterocycles.